The molecule has 0 radical (unpaired) electrons. The minimum atomic E-state index is -3.57. The summed E-state index contributed by atoms with van der Waals surface area (Å²) in [6, 6.07) is 13.5. The van der Waals surface area contributed by atoms with E-state index in [1.807, 2.05) is 0 Å². The second-order valence-electron chi connectivity index (χ2n) is 8.20. The standard InChI is InChI=1S/C25H34N2O4S/c1-5-7-9-20(6-2)17-26-25(29)22-14-12-21(13-15-22)18-27(32(4,30)31)24-11-8-10-23(16-24)19(3)28/h8,10-16,20H,5-7,9,17-18H2,1-4H3,(H,26,29)/t20-/m0/s1. The summed E-state index contributed by atoms with van der Waals surface area (Å²) in [5, 5.41) is 3.01. The summed E-state index contributed by atoms with van der Waals surface area (Å²) >= 11 is 0. The first-order valence-corrected chi connectivity index (χ1v) is 13.0. The normalized spacial score (nSPS) is 12.2. The van der Waals surface area contributed by atoms with Crippen molar-refractivity contribution in [3.63, 3.8) is 0 Å². The second kappa shape index (κ2) is 11.8. The average molecular weight is 459 g/mol. The van der Waals surface area contributed by atoms with Crippen LogP contribution in [-0.4, -0.2) is 32.9 Å². The lowest BCUT2D eigenvalue weighted by Gasteiger charge is -2.23. The summed E-state index contributed by atoms with van der Waals surface area (Å²) in [5.74, 6) is 0.226. The first kappa shape index (κ1) is 25.6. The van der Waals surface area contributed by atoms with Crippen molar-refractivity contribution in [1.29, 1.82) is 0 Å². The third-order valence-electron chi connectivity index (χ3n) is 5.58. The van der Waals surface area contributed by atoms with E-state index in [4.69, 9.17) is 0 Å². The highest BCUT2D eigenvalue weighted by Crippen LogP contribution is 2.22. The van der Waals surface area contributed by atoms with Crippen LogP contribution in [0.2, 0.25) is 0 Å². The number of nitrogens with zero attached hydrogens (tertiary/aromatic N) is 1. The molecule has 0 saturated heterocycles. The van der Waals surface area contributed by atoms with Gasteiger partial charge in [0.25, 0.3) is 5.91 Å². The molecular formula is C25H34N2O4S. The van der Waals surface area contributed by atoms with Crippen molar-refractivity contribution in [1.82, 2.24) is 5.32 Å². The van der Waals surface area contributed by atoms with E-state index in [0.717, 1.165) is 37.5 Å². The third kappa shape index (κ3) is 7.48. The van der Waals surface area contributed by atoms with E-state index >= 15 is 0 Å². The van der Waals surface area contributed by atoms with Crippen molar-refractivity contribution in [2.24, 2.45) is 5.92 Å². The Bertz CT molecular complexity index is 1020. The molecule has 0 unspecified atom stereocenters. The number of Topliss-reactive ketones (excluding diaryl/α,β-unsaturated/α-hetero) is 1. The van der Waals surface area contributed by atoms with Gasteiger partial charge in [0.05, 0.1) is 18.5 Å². The first-order valence-electron chi connectivity index (χ1n) is 11.1. The molecule has 174 valence electrons. The van der Waals surface area contributed by atoms with Crippen molar-refractivity contribution < 1.29 is 18.0 Å². The lowest BCUT2D eigenvalue weighted by atomic mass is 9.99. The molecule has 0 aromatic heterocycles. The van der Waals surface area contributed by atoms with Crippen LogP contribution in [-0.2, 0) is 16.6 Å². The van der Waals surface area contributed by atoms with Crippen molar-refractivity contribution in [3.8, 4) is 0 Å². The number of carbonyl (C=O) groups excluding carboxylic acids is 2. The Morgan fingerprint density at radius 3 is 2.28 bits per heavy atom. The quantitative estimate of drug-likeness (QED) is 0.463. The predicted octanol–water partition coefficient (Wildman–Crippen LogP) is 4.80. The van der Waals surface area contributed by atoms with E-state index in [1.165, 1.54) is 11.2 Å². The fourth-order valence-corrected chi connectivity index (χ4v) is 4.37. The maximum atomic E-state index is 12.5. The Labute approximate surface area is 192 Å². The van der Waals surface area contributed by atoms with Crippen molar-refractivity contribution in [3.05, 3.63) is 65.2 Å². The van der Waals surface area contributed by atoms with Crippen LogP contribution in [0.3, 0.4) is 0 Å². The molecule has 0 bridgehead atoms. The average Bonchev–Trinajstić information content (AvgIpc) is 2.77. The van der Waals surface area contributed by atoms with Gasteiger partial charge >= 0.3 is 0 Å². The van der Waals surface area contributed by atoms with Gasteiger partial charge in [-0.25, -0.2) is 8.42 Å². The molecule has 0 aliphatic rings. The second-order valence-corrected chi connectivity index (χ2v) is 10.1. The van der Waals surface area contributed by atoms with Crippen molar-refractivity contribution >= 4 is 27.4 Å². The van der Waals surface area contributed by atoms with Crippen molar-refractivity contribution in [2.75, 3.05) is 17.1 Å². The number of carbonyl (C=O) groups is 2. The molecular weight excluding hydrogens is 424 g/mol. The van der Waals surface area contributed by atoms with Crippen LogP contribution in [0.1, 0.15) is 72.7 Å². The molecule has 7 heteroatoms. The molecule has 1 atom stereocenters. The zero-order valence-electron chi connectivity index (χ0n) is 19.4. The predicted molar refractivity (Wildman–Crippen MR) is 130 cm³/mol. The van der Waals surface area contributed by atoms with E-state index in [-0.39, 0.29) is 18.2 Å². The molecule has 0 heterocycles. The Hall–Kier alpha value is -2.67. The Kier molecular flexibility index (Phi) is 9.44. The number of amides is 1. The highest BCUT2D eigenvalue weighted by molar-refractivity contribution is 7.92. The largest absolute Gasteiger partial charge is 0.352 e. The molecule has 1 N–H and O–H groups in total. The van der Waals surface area contributed by atoms with Crippen LogP contribution in [0.15, 0.2) is 48.5 Å². The minimum absolute atomic E-state index is 0.108. The summed E-state index contributed by atoms with van der Waals surface area (Å²) in [6.45, 7) is 6.52. The molecule has 0 saturated carbocycles. The molecule has 1 amide bonds. The van der Waals surface area contributed by atoms with E-state index in [1.54, 1.807) is 48.5 Å². The highest BCUT2D eigenvalue weighted by Gasteiger charge is 2.19. The monoisotopic (exact) mass is 458 g/mol. The lowest BCUT2D eigenvalue weighted by Crippen LogP contribution is -2.30. The maximum Gasteiger partial charge on any atom is 0.251 e. The number of nitrogens with one attached hydrogen (secondary N) is 1. The van der Waals surface area contributed by atoms with E-state index < -0.39 is 10.0 Å². The van der Waals surface area contributed by atoms with Gasteiger partial charge in [0.1, 0.15) is 0 Å². The van der Waals surface area contributed by atoms with Crippen LogP contribution < -0.4 is 9.62 Å². The van der Waals surface area contributed by atoms with Gasteiger partial charge in [-0.3, -0.25) is 13.9 Å². The maximum absolute atomic E-state index is 12.5. The summed E-state index contributed by atoms with van der Waals surface area (Å²) in [4.78, 5) is 24.2. The molecule has 0 aliphatic carbocycles. The van der Waals surface area contributed by atoms with Gasteiger partial charge in [-0.15, -0.1) is 0 Å². The summed E-state index contributed by atoms with van der Waals surface area (Å²) < 4.78 is 26.1. The van der Waals surface area contributed by atoms with E-state index in [9.17, 15) is 18.0 Å². The Balaban J connectivity index is 2.11. The minimum Gasteiger partial charge on any atom is -0.352 e. The van der Waals surface area contributed by atoms with Gasteiger partial charge < -0.3 is 5.32 Å². The number of sulfonamides is 1. The van der Waals surface area contributed by atoms with Crippen LogP contribution in [0.5, 0.6) is 0 Å². The van der Waals surface area contributed by atoms with Gasteiger partial charge in [-0.1, -0.05) is 57.4 Å². The molecule has 6 nitrogen and oxygen atoms in total. The number of hydrogen-bond donors (Lipinski definition) is 1. The number of benzene rings is 2. The van der Waals surface area contributed by atoms with Gasteiger partial charge in [0.2, 0.25) is 10.0 Å². The van der Waals surface area contributed by atoms with E-state index in [2.05, 4.69) is 19.2 Å². The third-order valence-corrected chi connectivity index (χ3v) is 6.72. The Morgan fingerprint density at radius 2 is 1.72 bits per heavy atom. The molecule has 0 aliphatic heterocycles. The van der Waals surface area contributed by atoms with Crippen molar-refractivity contribution in [2.45, 2.75) is 53.0 Å². The topological polar surface area (TPSA) is 83.6 Å². The zero-order chi connectivity index (χ0) is 23.7. The Morgan fingerprint density at radius 1 is 1.03 bits per heavy atom. The number of unbranched alkanes of at least 4 members (excludes halogenated alkanes) is 1. The lowest BCUT2D eigenvalue weighted by molar-refractivity contribution is 0.0945. The van der Waals surface area contributed by atoms with Gasteiger partial charge in [-0.05, 0) is 49.1 Å². The fourth-order valence-electron chi connectivity index (χ4n) is 3.49. The number of anilines is 1. The molecule has 2 aromatic carbocycles. The number of ketones is 1. The van der Waals surface area contributed by atoms with Gasteiger partial charge in [0.15, 0.2) is 5.78 Å². The van der Waals surface area contributed by atoms with Crippen LogP contribution in [0.25, 0.3) is 0 Å². The smallest absolute Gasteiger partial charge is 0.251 e. The number of rotatable bonds is 12. The molecule has 32 heavy (non-hydrogen) atoms. The SMILES string of the molecule is CCCC[C@H](CC)CNC(=O)c1ccc(CN(c2cccc(C(C)=O)c2)S(C)(=O)=O)cc1. The summed E-state index contributed by atoms with van der Waals surface area (Å²) in [6.07, 6.45) is 5.59. The van der Waals surface area contributed by atoms with Crippen LogP contribution in [0.4, 0.5) is 5.69 Å². The molecule has 2 rings (SSSR count). The first-order chi connectivity index (χ1) is 15.2. The van der Waals surface area contributed by atoms with Gasteiger partial charge in [-0.2, -0.15) is 0 Å². The molecule has 2 aromatic rings. The summed E-state index contributed by atoms with van der Waals surface area (Å²) in [5.41, 5.74) is 2.17. The van der Waals surface area contributed by atoms with Crippen LogP contribution >= 0.6 is 0 Å². The van der Waals surface area contributed by atoms with Crippen LogP contribution in [0, 0.1) is 5.92 Å². The number of hydrogen-bond acceptors (Lipinski definition) is 4. The molecule has 0 spiro atoms. The van der Waals surface area contributed by atoms with Gasteiger partial charge in [0, 0.05) is 17.7 Å². The molecule has 0 fully saturated rings. The fraction of sp³-hybridized carbons (Fsp3) is 0.440. The zero-order valence-corrected chi connectivity index (χ0v) is 20.2. The summed E-state index contributed by atoms with van der Waals surface area (Å²) in [7, 11) is -3.57. The van der Waals surface area contributed by atoms with E-state index in [0.29, 0.717) is 29.3 Å². The highest BCUT2D eigenvalue weighted by atomic mass is 32.2.